The Balaban J connectivity index is 1.49. The van der Waals surface area contributed by atoms with Crippen molar-refractivity contribution in [2.45, 2.75) is 140 Å². The second-order valence-electron chi connectivity index (χ2n) is 20.5. The Morgan fingerprint density at radius 3 is 0.758 bits per heavy atom. The van der Waals surface area contributed by atoms with Crippen molar-refractivity contribution in [2.24, 2.45) is 0 Å². The molecule has 0 heterocycles. The molecule has 0 fully saturated rings. The number of fused-ring (bicyclic) bond motifs is 4. The van der Waals surface area contributed by atoms with E-state index in [1.165, 1.54) is 0 Å². The standard InChI is InChI=1S/C56H58O4Si2/c1-29(2)61(30(3)4,31(5)6)23-21-35-41-25-45-47(51-39-19-15-13-17-37(39)49(45)53(57)55(51)59)27-43(41)36(22-24-62(32(7)8,33(9)10)34(11)12)44-28-48-46(26-42(35)44)50-38-18-14-16-20-40(38)52(48)56(60)54(50)58/h13-20,25-34,49-52H,1-12H3. The fourth-order valence-corrected chi connectivity index (χ4v) is 23.7. The Morgan fingerprint density at radius 2 is 0.565 bits per heavy atom. The summed E-state index contributed by atoms with van der Waals surface area (Å²) in [6, 6.07) is 24.5. The lowest BCUT2D eigenvalue weighted by atomic mass is 9.61. The summed E-state index contributed by atoms with van der Waals surface area (Å²) in [4.78, 5) is 56.2. The third kappa shape index (κ3) is 5.58. The number of rotatable bonds is 6. The highest BCUT2D eigenvalue weighted by Crippen LogP contribution is 2.54. The van der Waals surface area contributed by atoms with E-state index in [1.54, 1.807) is 0 Å². The molecule has 0 aromatic heterocycles. The molecule has 5 aromatic carbocycles. The van der Waals surface area contributed by atoms with Crippen LogP contribution in [0.4, 0.5) is 0 Å². The number of ketones is 4. The largest absolute Gasteiger partial charge is 0.290 e. The molecule has 6 aliphatic rings. The number of carbonyl (C=O) groups is 4. The molecule has 0 aliphatic heterocycles. The zero-order valence-corrected chi connectivity index (χ0v) is 40.3. The zero-order valence-electron chi connectivity index (χ0n) is 38.3. The van der Waals surface area contributed by atoms with Gasteiger partial charge in [0.05, 0.1) is 23.7 Å². The fourth-order valence-electron chi connectivity index (χ4n) is 13.3. The van der Waals surface area contributed by atoms with Gasteiger partial charge in [-0.3, -0.25) is 19.2 Å². The molecule has 0 saturated carbocycles. The van der Waals surface area contributed by atoms with E-state index in [9.17, 15) is 19.2 Å². The van der Waals surface area contributed by atoms with E-state index in [4.69, 9.17) is 0 Å². The van der Waals surface area contributed by atoms with E-state index < -0.39 is 39.8 Å². The first-order valence-corrected chi connectivity index (χ1v) is 27.4. The maximum atomic E-state index is 14.0. The lowest BCUT2D eigenvalue weighted by molar-refractivity contribution is -0.138. The number of carbonyl (C=O) groups excluding carboxylic acids is 4. The molecule has 4 nitrogen and oxygen atoms in total. The van der Waals surface area contributed by atoms with Crippen LogP contribution in [0, 0.1) is 22.9 Å². The van der Waals surface area contributed by atoms with Crippen molar-refractivity contribution in [2.75, 3.05) is 0 Å². The Labute approximate surface area is 369 Å². The molecule has 0 N–H and O–H groups in total. The number of hydrogen-bond acceptors (Lipinski definition) is 4. The van der Waals surface area contributed by atoms with Crippen molar-refractivity contribution in [1.82, 2.24) is 0 Å². The van der Waals surface area contributed by atoms with E-state index in [2.05, 4.69) is 130 Å². The first kappa shape index (κ1) is 42.2. The van der Waals surface area contributed by atoms with Gasteiger partial charge in [-0.25, -0.2) is 0 Å². The highest BCUT2D eigenvalue weighted by atomic mass is 28.3. The summed E-state index contributed by atoms with van der Waals surface area (Å²) in [6.45, 7) is 27.9. The molecule has 6 aliphatic carbocycles. The highest BCUT2D eigenvalue weighted by molar-refractivity contribution is 6.91. The minimum Gasteiger partial charge on any atom is -0.290 e. The molecule has 4 unspecified atom stereocenters. The van der Waals surface area contributed by atoms with Gasteiger partial charge in [0.2, 0.25) is 23.1 Å². The molecule has 62 heavy (non-hydrogen) atoms. The maximum absolute atomic E-state index is 14.0. The summed E-state index contributed by atoms with van der Waals surface area (Å²) in [7, 11) is -4.55. The van der Waals surface area contributed by atoms with Gasteiger partial charge >= 0.3 is 0 Å². The quantitative estimate of drug-likeness (QED) is 0.0739. The van der Waals surface area contributed by atoms with Gasteiger partial charge in [-0.1, -0.05) is 143 Å². The minimum absolute atomic E-state index is 0.353. The SMILES string of the molecule is CC(C)[Si](C#Cc1c2cc3c(cc2c(C#C[Si](C(C)C)(C(C)C)C(C)C)c2cc4c(cc12)C1C(=O)C(=O)C4c2ccccc21)C1C(=O)C(=O)C3c2ccccc21)(C(C)C)C(C)C. The molecular weight excluding hydrogens is 793 g/mol. The summed E-state index contributed by atoms with van der Waals surface area (Å²) in [5, 5.41) is 3.69. The predicted octanol–water partition coefficient (Wildman–Crippen LogP) is 12.6. The summed E-state index contributed by atoms with van der Waals surface area (Å²) in [5.41, 5.74) is 19.3. The van der Waals surface area contributed by atoms with Gasteiger partial charge in [0.15, 0.2) is 0 Å². The van der Waals surface area contributed by atoms with Crippen LogP contribution in [0.5, 0.6) is 0 Å². The van der Waals surface area contributed by atoms with Crippen LogP contribution in [0.3, 0.4) is 0 Å². The van der Waals surface area contributed by atoms with Crippen LogP contribution < -0.4 is 0 Å². The molecular formula is C56H58O4Si2. The first-order valence-electron chi connectivity index (χ1n) is 22.9. The van der Waals surface area contributed by atoms with Crippen molar-refractivity contribution >= 4 is 60.8 Å². The third-order valence-electron chi connectivity index (χ3n) is 16.1. The summed E-state index contributed by atoms with van der Waals surface area (Å²) >= 11 is 0. The molecule has 0 saturated heterocycles. The van der Waals surface area contributed by atoms with E-state index >= 15 is 0 Å². The van der Waals surface area contributed by atoms with Crippen LogP contribution in [0.2, 0.25) is 33.2 Å². The second-order valence-corrected chi connectivity index (χ2v) is 31.7. The van der Waals surface area contributed by atoms with Crippen LogP contribution in [0.1, 0.15) is 162 Å². The molecule has 6 heteroatoms. The summed E-state index contributed by atoms with van der Waals surface area (Å²) in [6.07, 6.45) is 0. The Kier molecular flexibility index (Phi) is 10.0. The zero-order chi connectivity index (χ0) is 44.5. The van der Waals surface area contributed by atoms with Crippen LogP contribution in [0.15, 0.2) is 72.8 Å². The van der Waals surface area contributed by atoms with Gasteiger partial charge in [0.25, 0.3) is 0 Å². The first-order chi connectivity index (χ1) is 29.4. The molecule has 314 valence electrons. The number of benzene rings is 5. The maximum Gasteiger partial charge on any atom is 0.211 e. The van der Waals surface area contributed by atoms with Crippen LogP contribution in [-0.2, 0) is 19.2 Å². The van der Waals surface area contributed by atoms with Crippen molar-refractivity contribution in [3.8, 4) is 22.9 Å². The number of Topliss-reactive ketones (excluding diaryl/α,β-unsaturated/α-hetero) is 4. The van der Waals surface area contributed by atoms with Gasteiger partial charge in [-0.2, -0.15) is 0 Å². The van der Waals surface area contributed by atoms with Gasteiger partial charge in [0, 0.05) is 11.1 Å². The average molecular weight is 851 g/mol. The monoisotopic (exact) mass is 850 g/mol. The summed E-state index contributed by atoms with van der Waals surface area (Å²) in [5.74, 6) is 3.67. The smallest absolute Gasteiger partial charge is 0.211 e. The topological polar surface area (TPSA) is 68.3 Å². The van der Waals surface area contributed by atoms with Crippen LogP contribution >= 0.6 is 0 Å². The van der Waals surface area contributed by atoms with Crippen LogP contribution in [0.25, 0.3) is 21.5 Å². The van der Waals surface area contributed by atoms with E-state index in [1.807, 2.05) is 48.5 Å². The lowest BCUT2D eigenvalue weighted by Crippen LogP contribution is -2.43. The van der Waals surface area contributed by atoms with Crippen molar-refractivity contribution < 1.29 is 19.2 Å². The van der Waals surface area contributed by atoms with Crippen molar-refractivity contribution in [3.63, 3.8) is 0 Å². The van der Waals surface area contributed by atoms with Gasteiger partial charge in [0.1, 0.15) is 16.1 Å². The van der Waals surface area contributed by atoms with E-state index in [0.717, 1.165) is 77.2 Å². The average Bonchev–Trinajstić information content (AvgIpc) is 3.22. The molecule has 4 bridgehead atoms. The van der Waals surface area contributed by atoms with E-state index in [0.29, 0.717) is 33.2 Å². The van der Waals surface area contributed by atoms with Crippen molar-refractivity contribution in [1.29, 1.82) is 0 Å². The molecule has 0 spiro atoms. The second kappa shape index (κ2) is 14.7. The van der Waals surface area contributed by atoms with Gasteiger partial charge in [-0.05, 0) is 124 Å². The fraction of sp³-hybridized carbons (Fsp3) is 0.393. The van der Waals surface area contributed by atoms with Gasteiger partial charge < -0.3 is 0 Å². The predicted molar refractivity (Wildman–Crippen MR) is 258 cm³/mol. The molecule has 0 amide bonds. The molecule has 0 radical (unpaired) electrons. The minimum atomic E-state index is -2.28. The third-order valence-corrected chi connectivity index (χ3v) is 28.7. The number of hydrogen-bond donors (Lipinski definition) is 0. The molecule has 11 rings (SSSR count). The Bertz CT molecular complexity index is 2570. The van der Waals surface area contributed by atoms with Crippen molar-refractivity contribution in [3.05, 3.63) is 128 Å². The van der Waals surface area contributed by atoms with E-state index in [-0.39, 0.29) is 23.1 Å². The lowest BCUT2D eigenvalue weighted by Gasteiger charge is -2.39. The summed E-state index contributed by atoms with van der Waals surface area (Å²) < 4.78 is 0. The Hall–Kier alpha value is -5.15. The highest BCUT2D eigenvalue weighted by Gasteiger charge is 2.51. The Morgan fingerprint density at radius 1 is 0.355 bits per heavy atom. The normalized spacial score (nSPS) is 20.0. The molecule has 5 aromatic rings. The van der Waals surface area contributed by atoms with Crippen LogP contribution in [-0.4, -0.2) is 39.3 Å². The molecule has 4 atom stereocenters. The van der Waals surface area contributed by atoms with Gasteiger partial charge in [-0.15, -0.1) is 11.1 Å².